The van der Waals surface area contributed by atoms with Crippen LogP contribution in [0, 0.1) is 0 Å². The Morgan fingerprint density at radius 1 is 1.53 bits per heavy atom. The van der Waals surface area contributed by atoms with E-state index in [4.69, 9.17) is 15.0 Å². The Bertz CT molecular complexity index is 404. The van der Waals surface area contributed by atoms with E-state index in [0.29, 0.717) is 0 Å². The van der Waals surface area contributed by atoms with Crippen LogP contribution in [0.25, 0.3) is 0 Å². The van der Waals surface area contributed by atoms with Crippen molar-refractivity contribution < 1.29 is 27.8 Å². The molecule has 2 amide bonds. The number of amides is 2. The number of rotatable bonds is 7. The molecule has 0 fully saturated rings. The van der Waals surface area contributed by atoms with Crippen LogP contribution in [0.4, 0.5) is 0 Å². The van der Waals surface area contributed by atoms with Crippen LogP contribution < -0.4 is 11.1 Å². The van der Waals surface area contributed by atoms with Crippen molar-refractivity contribution in [3.8, 4) is 0 Å². The van der Waals surface area contributed by atoms with E-state index in [1.165, 1.54) is 0 Å². The molecule has 0 aromatic heterocycles. The van der Waals surface area contributed by atoms with Crippen LogP contribution >= 0.6 is 0 Å². The molecule has 1 unspecified atom stereocenters. The summed E-state index contributed by atoms with van der Waals surface area (Å²) in [6, 6.07) is -1.60. The molecule has 0 rings (SSSR count). The fraction of sp³-hybridized carbons (Fsp3) is 0.625. The molecule has 0 saturated heterocycles. The van der Waals surface area contributed by atoms with E-state index in [1.807, 2.05) is 0 Å². The molecule has 0 bridgehead atoms. The quantitative estimate of drug-likeness (QED) is 0.456. The van der Waals surface area contributed by atoms with Gasteiger partial charge in [0.1, 0.15) is 6.04 Å². The predicted octanol–water partition coefficient (Wildman–Crippen LogP) is -2.18. The molecule has 2 atom stereocenters. The zero-order valence-corrected chi connectivity index (χ0v) is 12.1. The summed E-state index contributed by atoms with van der Waals surface area (Å²) in [6.07, 6.45) is -0.188. The standard InChI is InChI=1S/C8H14N2O5S.Na/c1-5(11)10-6(8(13)14)4-16(15)3-2-7(9)12;/h6H,2-4H2,1H3,(H2,9,12)(H,10,11)(H,13,14);/t6-,16?;/m0./s1/i1D3;. The summed E-state index contributed by atoms with van der Waals surface area (Å²) in [7, 11) is -1.71. The zero-order valence-electron chi connectivity index (χ0n) is 12.3. The zero-order chi connectivity index (χ0) is 15.2. The van der Waals surface area contributed by atoms with Crippen molar-refractivity contribution in [3.05, 3.63) is 0 Å². The topological polar surface area (TPSA) is 127 Å². The maximum atomic E-state index is 11.4. The molecule has 0 spiro atoms. The molecule has 0 saturated carbocycles. The molecular weight excluding hydrogens is 259 g/mol. The van der Waals surface area contributed by atoms with Gasteiger partial charge in [-0.3, -0.25) is 13.8 Å². The second-order valence-electron chi connectivity index (χ2n) is 2.89. The predicted molar refractivity (Wildman–Crippen MR) is 62.7 cm³/mol. The Kier molecular flexibility index (Phi) is 7.32. The van der Waals surface area contributed by atoms with Gasteiger partial charge in [-0.25, -0.2) is 4.79 Å². The number of primary amides is 1. The number of carboxylic acid groups (broad SMARTS) is 1. The minimum Gasteiger partial charge on any atom is -0.480 e. The fourth-order valence-corrected chi connectivity index (χ4v) is 2.01. The van der Waals surface area contributed by atoms with E-state index in [1.54, 1.807) is 5.32 Å². The van der Waals surface area contributed by atoms with Crippen LogP contribution in [0.5, 0.6) is 0 Å². The number of aliphatic carboxylic acids is 1. The van der Waals surface area contributed by atoms with Crippen molar-refractivity contribution in [1.82, 2.24) is 5.32 Å². The average molecular weight is 276 g/mol. The number of nitrogens with one attached hydrogen (secondary N) is 1. The first kappa shape index (κ1) is 13.0. The molecular formula is C8H14N2NaO5S. The first-order valence-electron chi connectivity index (χ1n) is 5.71. The molecule has 0 aromatic carbocycles. The number of nitrogens with two attached hydrogens (primary N) is 1. The normalized spacial score (nSPS) is 16.4. The fourth-order valence-electron chi connectivity index (χ4n) is 0.817. The number of carboxylic acids is 1. The first-order chi connectivity index (χ1) is 8.54. The molecule has 0 aliphatic heterocycles. The minimum atomic E-state index is -2.98. The molecule has 93 valence electrons. The second-order valence-corrected chi connectivity index (χ2v) is 4.51. The van der Waals surface area contributed by atoms with Gasteiger partial charge < -0.3 is 16.2 Å². The van der Waals surface area contributed by atoms with Crippen molar-refractivity contribution in [1.29, 1.82) is 0 Å². The third kappa shape index (κ3) is 10.4. The van der Waals surface area contributed by atoms with Crippen LogP contribution in [0.1, 0.15) is 17.4 Å². The van der Waals surface area contributed by atoms with E-state index in [-0.39, 0.29) is 41.7 Å². The number of carbonyl (C=O) groups excluding carboxylic acids is 2. The van der Waals surface area contributed by atoms with E-state index in [9.17, 15) is 18.6 Å². The average Bonchev–Trinajstić information content (AvgIpc) is 2.23. The Morgan fingerprint density at radius 3 is 2.53 bits per heavy atom. The Hall–Kier alpha value is -0.440. The SMILES string of the molecule is [2H]C([2H])([2H])C(=O)N[C@@H](CS(=O)CCC(N)=O)C(=O)O.[Na]. The molecule has 7 nitrogen and oxygen atoms in total. The van der Waals surface area contributed by atoms with Gasteiger partial charge >= 0.3 is 5.97 Å². The molecule has 0 aromatic rings. The first-order valence-corrected chi connectivity index (χ1v) is 5.70. The monoisotopic (exact) mass is 276 g/mol. The van der Waals surface area contributed by atoms with Gasteiger partial charge in [0.25, 0.3) is 0 Å². The molecule has 9 heteroatoms. The summed E-state index contributed by atoms with van der Waals surface area (Å²) >= 11 is 0. The third-order valence-corrected chi connectivity index (χ3v) is 2.90. The van der Waals surface area contributed by atoms with Gasteiger partial charge in [0.15, 0.2) is 0 Å². The van der Waals surface area contributed by atoms with Crippen molar-refractivity contribution in [3.63, 3.8) is 0 Å². The summed E-state index contributed by atoms with van der Waals surface area (Å²) in [5.41, 5.74) is 4.84. The molecule has 0 aliphatic carbocycles. The Balaban J connectivity index is 0. The summed E-state index contributed by atoms with van der Waals surface area (Å²) < 4.78 is 31.8. The minimum absolute atomic E-state index is 0. The van der Waals surface area contributed by atoms with Crippen molar-refractivity contribution in [2.24, 2.45) is 5.73 Å². The van der Waals surface area contributed by atoms with Gasteiger partial charge in [0.05, 0.1) is 5.75 Å². The van der Waals surface area contributed by atoms with Gasteiger partial charge in [0, 0.05) is 63.5 Å². The van der Waals surface area contributed by atoms with Crippen LogP contribution in [0.15, 0.2) is 0 Å². The van der Waals surface area contributed by atoms with E-state index < -0.39 is 47.2 Å². The second kappa shape index (κ2) is 9.58. The third-order valence-electron chi connectivity index (χ3n) is 1.53. The Morgan fingerprint density at radius 2 is 2.12 bits per heavy atom. The summed E-state index contributed by atoms with van der Waals surface area (Å²) in [5, 5.41) is 10.6. The van der Waals surface area contributed by atoms with Crippen molar-refractivity contribution in [2.45, 2.75) is 19.3 Å². The molecule has 17 heavy (non-hydrogen) atoms. The van der Waals surface area contributed by atoms with Crippen LogP contribution in [0.3, 0.4) is 0 Å². The molecule has 4 N–H and O–H groups in total. The summed E-state index contributed by atoms with van der Waals surface area (Å²) in [5.74, 6) is -4.28. The molecule has 1 radical (unpaired) electrons. The maximum Gasteiger partial charge on any atom is 0.327 e. The Labute approximate surface area is 127 Å². The van der Waals surface area contributed by atoms with Gasteiger partial charge in [0.2, 0.25) is 11.8 Å². The number of hydrogen-bond donors (Lipinski definition) is 3. The smallest absolute Gasteiger partial charge is 0.327 e. The van der Waals surface area contributed by atoms with Gasteiger partial charge in [-0.2, -0.15) is 0 Å². The molecule has 0 heterocycles. The van der Waals surface area contributed by atoms with Crippen LogP contribution in [-0.4, -0.2) is 74.2 Å². The van der Waals surface area contributed by atoms with Crippen LogP contribution in [0.2, 0.25) is 0 Å². The van der Waals surface area contributed by atoms with Crippen molar-refractivity contribution >= 4 is 58.1 Å². The number of carbonyl (C=O) groups is 3. The maximum absolute atomic E-state index is 11.4. The van der Waals surface area contributed by atoms with E-state index in [0.717, 1.165) is 0 Å². The number of hydrogen-bond acceptors (Lipinski definition) is 4. The largest absolute Gasteiger partial charge is 0.480 e. The van der Waals surface area contributed by atoms with E-state index in [2.05, 4.69) is 0 Å². The van der Waals surface area contributed by atoms with Crippen LogP contribution in [-0.2, 0) is 25.2 Å². The van der Waals surface area contributed by atoms with Gasteiger partial charge in [-0.15, -0.1) is 0 Å². The van der Waals surface area contributed by atoms with Gasteiger partial charge in [-0.05, 0) is 0 Å². The summed E-state index contributed by atoms with van der Waals surface area (Å²) in [6.45, 7) is -2.98. The summed E-state index contributed by atoms with van der Waals surface area (Å²) in [4.78, 5) is 32.4. The van der Waals surface area contributed by atoms with E-state index >= 15 is 0 Å². The van der Waals surface area contributed by atoms with Gasteiger partial charge in [-0.1, -0.05) is 0 Å². The van der Waals surface area contributed by atoms with Crippen molar-refractivity contribution in [2.75, 3.05) is 11.5 Å². The molecule has 0 aliphatic rings.